The molecule has 4 atom stereocenters. The van der Waals surface area contributed by atoms with E-state index in [9.17, 15) is 14.4 Å². The Hall–Kier alpha value is -0.890. The van der Waals surface area contributed by atoms with Crippen molar-refractivity contribution < 1.29 is 14.4 Å². The lowest BCUT2D eigenvalue weighted by Crippen LogP contribution is -2.55. The Morgan fingerprint density at radius 3 is 1.75 bits per heavy atom. The van der Waals surface area contributed by atoms with E-state index in [4.69, 9.17) is 92.8 Å². The van der Waals surface area contributed by atoms with Gasteiger partial charge in [0.15, 0.2) is 4.33 Å². The van der Waals surface area contributed by atoms with Crippen molar-refractivity contribution in [1.82, 2.24) is 10.0 Å². The summed E-state index contributed by atoms with van der Waals surface area (Å²) >= 11 is 52.0. The fourth-order valence-corrected chi connectivity index (χ4v) is 8.35. The third kappa shape index (κ3) is 3.21. The third-order valence-electron chi connectivity index (χ3n) is 6.74. The molecule has 2 fully saturated rings. The normalized spacial score (nSPS) is 30.3. The maximum Gasteiger partial charge on any atom is 0.274 e. The maximum atomic E-state index is 13.9. The second kappa shape index (κ2) is 8.82. The number of benzene rings is 2. The van der Waals surface area contributed by atoms with Crippen LogP contribution < -0.4 is 0 Å². The van der Waals surface area contributed by atoms with E-state index in [1.165, 1.54) is 12.1 Å². The number of fused-ring (bicyclic) bond motifs is 5. The molecular formula is C23H12Cl8N2O3. The average Bonchev–Trinajstić information content (AvgIpc) is 3.22. The Labute approximate surface area is 245 Å². The summed E-state index contributed by atoms with van der Waals surface area (Å²) in [7, 11) is 0. The molecule has 2 aliphatic carbocycles. The number of hydrogen-bond donors (Lipinski definition) is 0. The van der Waals surface area contributed by atoms with Crippen LogP contribution in [-0.4, -0.2) is 41.8 Å². The van der Waals surface area contributed by atoms with Crippen LogP contribution in [0.2, 0.25) is 10.0 Å². The van der Waals surface area contributed by atoms with Gasteiger partial charge in [-0.2, -0.15) is 5.01 Å². The number of carbonyl (C=O) groups excluding carboxylic acids is 3. The van der Waals surface area contributed by atoms with Gasteiger partial charge in [-0.1, -0.05) is 99.9 Å². The molecule has 5 rings (SSSR count). The Morgan fingerprint density at radius 1 is 0.778 bits per heavy atom. The molecule has 2 aromatic carbocycles. The molecule has 2 bridgehead atoms. The van der Waals surface area contributed by atoms with E-state index in [0.717, 1.165) is 5.01 Å². The number of amides is 3. The number of alkyl halides is 4. The first-order chi connectivity index (χ1) is 16.8. The van der Waals surface area contributed by atoms with E-state index >= 15 is 0 Å². The molecule has 0 spiro atoms. The number of allylic oxidation sites excluding steroid dienone is 2. The molecule has 3 amide bonds. The summed E-state index contributed by atoms with van der Waals surface area (Å²) in [5.74, 6) is -5.29. The van der Waals surface area contributed by atoms with Crippen molar-refractivity contribution >= 4 is 111 Å². The predicted molar refractivity (Wildman–Crippen MR) is 142 cm³/mol. The zero-order valence-corrected chi connectivity index (χ0v) is 23.7. The topological polar surface area (TPSA) is 57.7 Å². The fraction of sp³-hybridized carbons (Fsp3) is 0.261. The van der Waals surface area contributed by atoms with Gasteiger partial charge in [0, 0.05) is 5.02 Å². The van der Waals surface area contributed by atoms with E-state index in [0.29, 0.717) is 15.6 Å². The third-order valence-corrected chi connectivity index (χ3v) is 11.7. The van der Waals surface area contributed by atoms with Crippen LogP contribution in [0.15, 0.2) is 58.6 Å². The van der Waals surface area contributed by atoms with Crippen LogP contribution in [0.4, 0.5) is 0 Å². The number of rotatable bonds is 4. The summed E-state index contributed by atoms with van der Waals surface area (Å²) in [5, 5.41) is 1.58. The van der Waals surface area contributed by atoms with Gasteiger partial charge >= 0.3 is 0 Å². The monoisotopic (exact) mass is 644 g/mol. The first kappa shape index (κ1) is 26.7. The lowest BCUT2D eigenvalue weighted by Gasteiger charge is -2.37. The number of imide groups is 1. The molecule has 0 radical (unpaired) electrons. The summed E-state index contributed by atoms with van der Waals surface area (Å²) in [4.78, 5) is 37.5. The first-order valence-electron chi connectivity index (χ1n) is 10.3. The van der Waals surface area contributed by atoms with E-state index in [1.54, 1.807) is 36.4 Å². The van der Waals surface area contributed by atoms with Gasteiger partial charge < -0.3 is 0 Å². The van der Waals surface area contributed by atoms with Crippen molar-refractivity contribution in [2.75, 3.05) is 0 Å². The SMILES string of the molecule is O=C(c1ccccc1Cl)N(Cc1ccccc1Cl)N1C(=O)[C@@H]2[C@@H](C1=O)[C@@]1(Cl)C(Cl)=C(Cl)[C@@]2(Cl)C1(Cl)Cl. The summed E-state index contributed by atoms with van der Waals surface area (Å²) in [5.41, 5.74) is 0.505. The summed E-state index contributed by atoms with van der Waals surface area (Å²) in [6, 6.07) is 12.8. The molecule has 0 aromatic heterocycles. The quantitative estimate of drug-likeness (QED) is 0.265. The summed E-state index contributed by atoms with van der Waals surface area (Å²) in [6.07, 6.45) is 0. The lowest BCUT2D eigenvalue weighted by atomic mass is 9.84. The molecular weight excluding hydrogens is 636 g/mol. The highest BCUT2D eigenvalue weighted by Crippen LogP contribution is 2.77. The highest BCUT2D eigenvalue weighted by molar-refractivity contribution is 6.66. The van der Waals surface area contributed by atoms with Crippen LogP contribution in [0, 0.1) is 11.8 Å². The van der Waals surface area contributed by atoms with Gasteiger partial charge in [-0.25, -0.2) is 5.01 Å². The van der Waals surface area contributed by atoms with Crippen molar-refractivity contribution in [3.8, 4) is 0 Å². The molecule has 1 aliphatic heterocycles. The van der Waals surface area contributed by atoms with E-state index in [-0.39, 0.29) is 27.2 Å². The molecule has 36 heavy (non-hydrogen) atoms. The van der Waals surface area contributed by atoms with Crippen LogP contribution in [-0.2, 0) is 16.1 Å². The van der Waals surface area contributed by atoms with Gasteiger partial charge in [0.1, 0.15) is 9.75 Å². The molecule has 1 saturated carbocycles. The van der Waals surface area contributed by atoms with Crippen molar-refractivity contribution in [3.63, 3.8) is 0 Å². The Bertz CT molecular complexity index is 1330. The van der Waals surface area contributed by atoms with Gasteiger partial charge in [-0.15, -0.1) is 23.2 Å². The average molecular weight is 648 g/mol. The molecule has 188 valence electrons. The molecule has 5 nitrogen and oxygen atoms in total. The summed E-state index contributed by atoms with van der Waals surface area (Å²) < 4.78 is -2.09. The fourth-order valence-electron chi connectivity index (χ4n) is 5.01. The highest BCUT2D eigenvalue weighted by atomic mass is 35.5. The number of nitrogens with zero attached hydrogens (tertiary/aromatic N) is 2. The zero-order valence-electron chi connectivity index (χ0n) is 17.6. The van der Waals surface area contributed by atoms with Crippen LogP contribution in [0.25, 0.3) is 0 Å². The number of hydrogen-bond acceptors (Lipinski definition) is 3. The van der Waals surface area contributed by atoms with Crippen molar-refractivity contribution in [2.24, 2.45) is 11.8 Å². The second-order valence-electron chi connectivity index (χ2n) is 8.50. The molecule has 1 heterocycles. The first-order valence-corrected chi connectivity index (χ1v) is 13.3. The smallest absolute Gasteiger partial charge is 0.272 e. The van der Waals surface area contributed by atoms with Crippen molar-refractivity contribution in [3.05, 3.63) is 79.8 Å². The maximum absolute atomic E-state index is 13.9. The molecule has 0 unspecified atom stereocenters. The van der Waals surface area contributed by atoms with Crippen LogP contribution in [0.1, 0.15) is 15.9 Å². The molecule has 3 aliphatic rings. The minimum absolute atomic E-state index is 0.0475. The van der Waals surface area contributed by atoms with Crippen LogP contribution in [0.3, 0.4) is 0 Å². The van der Waals surface area contributed by atoms with Gasteiger partial charge in [0.05, 0.1) is 39.0 Å². The van der Waals surface area contributed by atoms with E-state index in [2.05, 4.69) is 0 Å². The van der Waals surface area contributed by atoms with Gasteiger partial charge in [0.25, 0.3) is 17.7 Å². The van der Waals surface area contributed by atoms with Crippen LogP contribution >= 0.6 is 92.8 Å². The lowest BCUT2D eigenvalue weighted by molar-refractivity contribution is -0.156. The zero-order chi connectivity index (χ0) is 26.4. The summed E-state index contributed by atoms with van der Waals surface area (Å²) in [6.45, 7) is -0.257. The van der Waals surface area contributed by atoms with Crippen molar-refractivity contribution in [2.45, 2.75) is 20.6 Å². The molecule has 13 heteroatoms. The number of hydrazine groups is 1. The van der Waals surface area contributed by atoms with Crippen LogP contribution in [0.5, 0.6) is 0 Å². The van der Waals surface area contributed by atoms with Gasteiger partial charge in [-0.05, 0) is 23.8 Å². The molecule has 0 N–H and O–H groups in total. The number of halogens is 8. The van der Waals surface area contributed by atoms with Gasteiger partial charge in [0.2, 0.25) is 0 Å². The second-order valence-corrected chi connectivity index (χ2v) is 12.6. The largest absolute Gasteiger partial charge is 0.274 e. The standard InChI is InChI=1S/C23H12Cl8N2O3/c24-12-7-3-1-5-10(12)9-32(18(34)11-6-2-4-8-13(11)25)33-19(35)14-15(20(33)36)22(29)17(27)16(26)21(14,28)23(22,30)31/h1-8,14-15H,9H2/t14-,15-,21+,22+/m0/s1. The highest BCUT2D eigenvalue weighted by Gasteiger charge is 2.88. The Morgan fingerprint density at radius 2 is 1.25 bits per heavy atom. The Kier molecular flexibility index (Phi) is 6.54. The van der Waals surface area contributed by atoms with E-state index < -0.39 is 43.6 Å². The van der Waals surface area contributed by atoms with E-state index in [1.807, 2.05) is 0 Å². The molecule has 2 aromatic rings. The number of carbonyl (C=O) groups is 3. The predicted octanol–water partition coefficient (Wildman–Crippen LogP) is 7.00. The van der Waals surface area contributed by atoms with Gasteiger partial charge in [-0.3, -0.25) is 14.4 Å². The Balaban J connectivity index is 1.65. The molecule has 1 saturated heterocycles. The minimum atomic E-state index is -2.09. The minimum Gasteiger partial charge on any atom is -0.272 e. The van der Waals surface area contributed by atoms with Crippen molar-refractivity contribution in [1.29, 1.82) is 0 Å².